The highest BCUT2D eigenvalue weighted by Gasteiger charge is 1.97. The average molecular weight is 187 g/mol. The highest BCUT2D eigenvalue weighted by Crippen LogP contribution is 2.11. The molecule has 0 saturated carbocycles. The SMILES string of the molecule is CCC(C)CCCCCOCCN. The Morgan fingerprint density at radius 2 is 1.92 bits per heavy atom. The zero-order valence-corrected chi connectivity index (χ0v) is 9.22. The summed E-state index contributed by atoms with van der Waals surface area (Å²) >= 11 is 0. The van der Waals surface area contributed by atoms with Gasteiger partial charge >= 0.3 is 0 Å². The second-order valence-corrected chi connectivity index (χ2v) is 3.76. The van der Waals surface area contributed by atoms with Gasteiger partial charge in [0.15, 0.2) is 0 Å². The van der Waals surface area contributed by atoms with E-state index in [-0.39, 0.29) is 0 Å². The second-order valence-electron chi connectivity index (χ2n) is 3.76. The molecule has 0 fully saturated rings. The minimum atomic E-state index is 0.646. The molecule has 0 bridgehead atoms. The summed E-state index contributed by atoms with van der Waals surface area (Å²) in [4.78, 5) is 0. The van der Waals surface area contributed by atoms with Crippen LogP contribution in [0.4, 0.5) is 0 Å². The zero-order valence-electron chi connectivity index (χ0n) is 9.22. The van der Waals surface area contributed by atoms with Crippen molar-refractivity contribution in [1.29, 1.82) is 0 Å². The van der Waals surface area contributed by atoms with Crippen molar-refractivity contribution in [3.63, 3.8) is 0 Å². The lowest BCUT2D eigenvalue weighted by Crippen LogP contribution is -2.08. The molecular formula is C11H25NO. The van der Waals surface area contributed by atoms with Gasteiger partial charge in [-0.25, -0.2) is 0 Å². The lowest BCUT2D eigenvalue weighted by Gasteiger charge is -2.07. The second kappa shape index (κ2) is 10.0. The Balaban J connectivity index is 2.91. The predicted octanol–water partition coefficient (Wildman–Crippen LogP) is 2.57. The molecule has 0 heterocycles. The minimum Gasteiger partial charge on any atom is -0.380 e. The summed E-state index contributed by atoms with van der Waals surface area (Å²) in [5.41, 5.74) is 5.30. The Labute approximate surface area is 82.8 Å². The zero-order chi connectivity index (χ0) is 9.94. The van der Waals surface area contributed by atoms with Crippen LogP contribution < -0.4 is 5.73 Å². The molecule has 1 unspecified atom stereocenters. The Hall–Kier alpha value is -0.0800. The number of ether oxygens (including phenoxy) is 1. The quantitative estimate of drug-likeness (QED) is 0.563. The van der Waals surface area contributed by atoms with Gasteiger partial charge in [0.25, 0.3) is 0 Å². The lowest BCUT2D eigenvalue weighted by molar-refractivity contribution is 0.137. The van der Waals surface area contributed by atoms with Crippen LogP contribution in [-0.2, 0) is 4.74 Å². The smallest absolute Gasteiger partial charge is 0.0588 e. The molecule has 2 N–H and O–H groups in total. The largest absolute Gasteiger partial charge is 0.380 e. The summed E-state index contributed by atoms with van der Waals surface area (Å²) in [6, 6.07) is 0. The van der Waals surface area contributed by atoms with Crippen molar-refractivity contribution >= 4 is 0 Å². The maximum absolute atomic E-state index is 5.30. The number of hydrogen-bond donors (Lipinski definition) is 1. The van der Waals surface area contributed by atoms with Crippen LogP contribution in [0.15, 0.2) is 0 Å². The van der Waals surface area contributed by atoms with Crippen LogP contribution in [0.25, 0.3) is 0 Å². The molecule has 0 aliphatic heterocycles. The van der Waals surface area contributed by atoms with Crippen LogP contribution in [0.5, 0.6) is 0 Å². The third-order valence-electron chi connectivity index (χ3n) is 2.44. The Kier molecular flexibility index (Phi) is 9.94. The average Bonchev–Trinajstić information content (AvgIpc) is 2.16. The molecule has 0 rings (SSSR count). The van der Waals surface area contributed by atoms with E-state index in [0.29, 0.717) is 13.2 Å². The van der Waals surface area contributed by atoms with E-state index in [1.807, 2.05) is 0 Å². The van der Waals surface area contributed by atoms with Crippen molar-refractivity contribution < 1.29 is 4.74 Å². The molecule has 0 aliphatic carbocycles. The fraction of sp³-hybridized carbons (Fsp3) is 1.00. The van der Waals surface area contributed by atoms with Crippen LogP contribution in [0.3, 0.4) is 0 Å². The van der Waals surface area contributed by atoms with Gasteiger partial charge in [-0.2, -0.15) is 0 Å². The lowest BCUT2D eigenvalue weighted by atomic mass is 10.0. The molecule has 13 heavy (non-hydrogen) atoms. The van der Waals surface area contributed by atoms with Crippen LogP contribution in [-0.4, -0.2) is 19.8 Å². The monoisotopic (exact) mass is 187 g/mol. The van der Waals surface area contributed by atoms with Gasteiger partial charge < -0.3 is 10.5 Å². The van der Waals surface area contributed by atoms with Gasteiger partial charge in [-0.05, 0) is 12.3 Å². The van der Waals surface area contributed by atoms with Gasteiger partial charge in [0.2, 0.25) is 0 Å². The van der Waals surface area contributed by atoms with E-state index in [1.165, 1.54) is 32.1 Å². The molecule has 0 radical (unpaired) electrons. The van der Waals surface area contributed by atoms with Crippen LogP contribution in [0.1, 0.15) is 46.0 Å². The highest BCUT2D eigenvalue weighted by atomic mass is 16.5. The first-order valence-electron chi connectivity index (χ1n) is 5.59. The van der Waals surface area contributed by atoms with Crippen LogP contribution in [0.2, 0.25) is 0 Å². The van der Waals surface area contributed by atoms with Gasteiger partial charge in [0, 0.05) is 13.2 Å². The Bertz CT molecular complexity index is 96.1. The van der Waals surface area contributed by atoms with Gasteiger partial charge in [-0.1, -0.05) is 39.5 Å². The molecule has 0 aromatic carbocycles. The molecule has 0 amide bonds. The summed E-state index contributed by atoms with van der Waals surface area (Å²) in [5.74, 6) is 0.893. The van der Waals surface area contributed by atoms with E-state index in [1.54, 1.807) is 0 Å². The van der Waals surface area contributed by atoms with E-state index in [2.05, 4.69) is 13.8 Å². The van der Waals surface area contributed by atoms with Crippen molar-refractivity contribution in [2.45, 2.75) is 46.0 Å². The molecule has 2 heteroatoms. The summed E-state index contributed by atoms with van der Waals surface area (Å²) in [6.07, 6.45) is 6.52. The first-order valence-corrected chi connectivity index (χ1v) is 5.59. The predicted molar refractivity (Wildman–Crippen MR) is 57.8 cm³/mol. The normalized spacial score (nSPS) is 13.2. The van der Waals surface area contributed by atoms with Crippen molar-refractivity contribution in [1.82, 2.24) is 0 Å². The molecule has 0 aromatic rings. The summed E-state index contributed by atoms with van der Waals surface area (Å²) in [5, 5.41) is 0. The van der Waals surface area contributed by atoms with Crippen LogP contribution >= 0.6 is 0 Å². The first-order chi connectivity index (χ1) is 6.31. The highest BCUT2D eigenvalue weighted by molar-refractivity contribution is 4.50. The maximum atomic E-state index is 5.30. The third kappa shape index (κ3) is 9.84. The van der Waals surface area contributed by atoms with Gasteiger partial charge in [0.05, 0.1) is 6.61 Å². The van der Waals surface area contributed by atoms with E-state index in [9.17, 15) is 0 Å². The van der Waals surface area contributed by atoms with E-state index in [0.717, 1.165) is 12.5 Å². The van der Waals surface area contributed by atoms with Crippen LogP contribution in [0, 0.1) is 5.92 Å². The third-order valence-corrected chi connectivity index (χ3v) is 2.44. The molecule has 0 aliphatic rings. The Morgan fingerprint density at radius 3 is 2.54 bits per heavy atom. The molecular weight excluding hydrogens is 162 g/mol. The van der Waals surface area contributed by atoms with E-state index >= 15 is 0 Å². The fourth-order valence-electron chi connectivity index (χ4n) is 1.26. The number of hydrogen-bond acceptors (Lipinski definition) is 2. The summed E-state index contributed by atoms with van der Waals surface area (Å²) in [6.45, 7) is 6.83. The topological polar surface area (TPSA) is 35.2 Å². The van der Waals surface area contributed by atoms with Crippen molar-refractivity contribution in [3.05, 3.63) is 0 Å². The molecule has 2 nitrogen and oxygen atoms in total. The minimum absolute atomic E-state index is 0.646. The van der Waals surface area contributed by atoms with E-state index < -0.39 is 0 Å². The summed E-state index contributed by atoms with van der Waals surface area (Å²) < 4.78 is 5.29. The van der Waals surface area contributed by atoms with Gasteiger partial charge in [-0.3, -0.25) is 0 Å². The molecule has 0 saturated heterocycles. The number of nitrogens with two attached hydrogens (primary N) is 1. The Morgan fingerprint density at radius 1 is 1.15 bits per heavy atom. The number of rotatable bonds is 9. The van der Waals surface area contributed by atoms with Gasteiger partial charge in [-0.15, -0.1) is 0 Å². The standard InChI is InChI=1S/C11H25NO/c1-3-11(2)7-5-4-6-9-13-10-8-12/h11H,3-10,12H2,1-2H3. The molecule has 0 aromatic heterocycles. The molecule has 0 spiro atoms. The number of unbranched alkanes of at least 4 members (excludes halogenated alkanes) is 2. The molecule has 80 valence electrons. The van der Waals surface area contributed by atoms with Gasteiger partial charge in [0.1, 0.15) is 0 Å². The van der Waals surface area contributed by atoms with Crippen molar-refractivity contribution in [3.8, 4) is 0 Å². The van der Waals surface area contributed by atoms with Crippen molar-refractivity contribution in [2.75, 3.05) is 19.8 Å². The molecule has 1 atom stereocenters. The fourth-order valence-corrected chi connectivity index (χ4v) is 1.26. The maximum Gasteiger partial charge on any atom is 0.0588 e. The van der Waals surface area contributed by atoms with Crippen molar-refractivity contribution in [2.24, 2.45) is 11.7 Å². The first kappa shape index (κ1) is 12.9. The summed E-state index contributed by atoms with van der Waals surface area (Å²) in [7, 11) is 0. The van der Waals surface area contributed by atoms with E-state index in [4.69, 9.17) is 10.5 Å².